The number of phenolic OH excluding ortho intramolecular Hbond substituents is 2. The Bertz CT molecular complexity index is 3220. The van der Waals surface area contributed by atoms with Gasteiger partial charge in [-0.3, -0.25) is 0 Å². The van der Waals surface area contributed by atoms with Crippen molar-refractivity contribution < 1.29 is 10.2 Å². The van der Waals surface area contributed by atoms with Gasteiger partial charge in [-0.25, -0.2) is 0 Å². The molecule has 3 nitrogen and oxygen atoms in total. The quantitative estimate of drug-likeness (QED) is 0.174. The molecule has 12 rings (SSSR count). The van der Waals surface area contributed by atoms with E-state index in [4.69, 9.17) is 0 Å². The Morgan fingerprint density at radius 1 is 0.333 bits per heavy atom. The van der Waals surface area contributed by atoms with Gasteiger partial charge in [0.15, 0.2) is 0 Å². The van der Waals surface area contributed by atoms with Crippen molar-refractivity contribution in [2.45, 2.75) is 58.8 Å². The molecule has 1 aliphatic carbocycles. The molecule has 358 valence electrons. The SMILES string of the molecule is CC.CC(C)c1ccccc1.CC(C)c1ccccc1.Oc1ccc(C2(c3ccc(O)cc3)c3ccccc3-c3ccccc32)cc1.c1ccc(-c2ccc(-n3c4ccccc4c4ccccc43)cc2)cc1. The predicted molar refractivity (Wildman–Crippen MR) is 306 cm³/mol. The summed E-state index contributed by atoms with van der Waals surface area (Å²) in [6, 6.07) is 89.4. The Labute approximate surface area is 427 Å². The number of hydrogen-bond acceptors (Lipinski definition) is 2. The minimum absolute atomic E-state index is 0.249. The number of nitrogens with zero attached hydrogens (tertiary/aromatic N) is 1. The van der Waals surface area contributed by atoms with E-state index in [9.17, 15) is 10.2 Å². The van der Waals surface area contributed by atoms with Gasteiger partial charge in [-0.15, -0.1) is 0 Å². The molecule has 1 heterocycles. The molecule has 0 bridgehead atoms. The van der Waals surface area contributed by atoms with Crippen LogP contribution in [-0.4, -0.2) is 14.8 Å². The van der Waals surface area contributed by atoms with Crippen molar-refractivity contribution in [2.24, 2.45) is 0 Å². The molecule has 0 fully saturated rings. The van der Waals surface area contributed by atoms with Gasteiger partial charge >= 0.3 is 0 Å². The average Bonchev–Trinajstić information content (AvgIpc) is 3.94. The summed E-state index contributed by atoms with van der Waals surface area (Å²) in [6.07, 6.45) is 0. The summed E-state index contributed by atoms with van der Waals surface area (Å²) in [6.45, 7) is 12.8. The molecule has 3 heteroatoms. The summed E-state index contributed by atoms with van der Waals surface area (Å²) < 4.78 is 2.35. The van der Waals surface area contributed by atoms with E-state index in [0.29, 0.717) is 11.8 Å². The fourth-order valence-electron chi connectivity index (χ4n) is 9.76. The topological polar surface area (TPSA) is 45.4 Å². The molecule has 11 aromatic rings. The molecule has 1 aromatic heterocycles. The maximum atomic E-state index is 9.85. The van der Waals surface area contributed by atoms with Crippen molar-refractivity contribution >= 4 is 21.8 Å². The number of para-hydroxylation sites is 2. The Morgan fingerprint density at radius 3 is 1.06 bits per heavy atom. The van der Waals surface area contributed by atoms with Crippen LogP contribution < -0.4 is 0 Å². The molecule has 0 saturated heterocycles. The summed E-state index contributed by atoms with van der Waals surface area (Å²) in [5.41, 5.74) is 15.5. The first-order valence-corrected chi connectivity index (χ1v) is 25.3. The monoisotopic (exact) mass is 940 g/mol. The van der Waals surface area contributed by atoms with E-state index in [0.717, 1.165) is 11.1 Å². The van der Waals surface area contributed by atoms with Crippen molar-refractivity contribution in [3.05, 3.63) is 294 Å². The standard InChI is InChI=1S/C25H18O2.C24H17N.2C9H12.C2H6/c26-19-13-9-17(10-14-19)25(18-11-15-20(27)16-12-18)23-7-3-1-5-21(23)22-6-2-4-8-24(22)25;1-2-8-18(9-3-1)19-14-16-20(17-15-19)25-23-12-6-4-10-21(23)22-11-5-7-13-24(22)25;2*1-8(2)9-6-4-3-5-7-9;1-2/h1-16,26-27H;1-17H;2*3-8H,1-2H3;1-2H3. The second-order valence-electron chi connectivity index (χ2n) is 18.3. The molecular weight excluding hydrogens is 875 g/mol. The van der Waals surface area contributed by atoms with Crippen molar-refractivity contribution in [1.29, 1.82) is 0 Å². The Kier molecular flexibility index (Phi) is 16.3. The maximum absolute atomic E-state index is 9.85. The molecule has 0 atom stereocenters. The number of hydrogen-bond donors (Lipinski definition) is 2. The van der Waals surface area contributed by atoms with Crippen LogP contribution in [0.15, 0.2) is 261 Å². The lowest BCUT2D eigenvalue weighted by atomic mass is 9.68. The maximum Gasteiger partial charge on any atom is 0.115 e. The lowest BCUT2D eigenvalue weighted by Crippen LogP contribution is -2.28. The van der Waals surface area contributed by atoms with Crippen LogP contribution in [0.2, 0.25) is 0 Å². The third-order valence-electron chi connectivity index (χ3n) is 13.3. The van der Waals surface area contributed by atoms with Gasteiger partial charge < -0.3 is 14.8 Å². The van der Waals surface area contributed by atoms with Gasteiger partial charge in [0.2, 0.25) is 0 Å². The lowest BCUT2D eigenvalue weighted by molar-refractivity contribution is 0.474. The number of phenols is 2. The summed E-state index contributed by atoms with van der Waals surface area (Å²) in [5, 5.41) is 22.3. The smallest absolute Gasteiger partial charge is 0.115 e. The van der Waals surface area contributed by atoms with E-state index >= 15 is 0 Å². The van der Waals surface area contributed by atoms with Crippen molar-refractivity contribution in [3.63, 3.8) is 0 Å². The highest BCUT2D eigenvalue weighted by Crippen LogP contribution is 2.56. The number of fused-ring (bicyclic) bond motifs is 6. The molecular formula is C69H65NO2. The van der Waals surface area contributed by atoms with Gasteiger partial charge in [0, 0.05) is 16.5 Å². The number of rotatable bonds is 6. The zero-order valence-electron chi connectivity index (χ0n) is 42.3. The second kappa shape index (κ2) is 23.5. The molecule has 72 heavy (non-hydrogen) atoms. The molecule has 0 unspecified atom stereocenters. The van der Waals surface area contributed by atoms with Gasteiger partial charge in [-0.2, -0.15) is 0 Å². The summed E-state index contributed by atoms with van der Waals surface area (Å²) in [4.78, 5) is 0. The van der Waals surface area contributed by atoms with E-state index in [2.05, 4.69) is 232 Å². The van der Waals surface area contributed by atoms with Crippen molar-refractivity contribution in [2.75, 3.05) is 0 Å². The van der Waals surface area contributed by atoms with Crippen LogP contribution in [0.3, 0.4) is 0 Å². The van der Waals surface area contributed by atoms with Crippen LogP contribution in [-0.2, 0) is 5.41 Å². The number of aromatic hydroxyl groups is 2. The van der Waals surface area contributed by atoms with Crippen LogP contribution in [0, 0.1) is 0 Å². The van der Waals surface area contributed by atoms with Gasteiger partial charge in [0.1, 0.15) is 11.5 Å². The zero-order chi connectivity index (χ0) is 50.5. The molecule has 10 aromatic carbocycles. The average molecular weight is 940 g/mol. The number of aromatic nitrogens is 1. The van der Waals surface area contributed by atoms with Gasteiger partial charge in [0.25, 0.3) is 0 Å². The zero-order valence-corrected chi connectivity index (χ0v) is 42.3. The lowest BCUT2D eigenvalue weighted by Gasteiger charge is -2.33. The summed E-state index contributed by atoms with van der Waals surface area (Å²) in [5.74, 6) is 1.82. The molecule has 0 radical (unpaired) electrons. The van der Waals surface area contributed by atoms with Crippen LogP contribution in [0.5, 0.6) is 11.5 Å². The van der Waals surface area contributed by atoms with Crippen LogP contribution in [0.4, 0.5) is 0 Å². The molecule has 0 aliphatic heterocycles. The third kappa shape index (κ3) is 10.7. The third-order valence-corrected chi connectivity index (χ3v) is 13.3. The highest BCUT2D eigenvalue weighted by Gasteiger charge is 2.45. The van der Waals surface area contributed by atoms with Gasteiger partial charge in [-0.1, -0.05) is 254 Å². The predicted octanol–water partition coefficient (Wildman–Crippen LogP) is 18.6. The van der Waals surface area contributed by atoms with Crippen LogP contribution in [0.1, 0.15) is 86.8 Å². The minimum atomic E-state index is -0.491. The van der Waals surface area contributed by atoms with Gasteiger partial charge in [-0.05, 0) is 116 Å². The molecule has 0 spiro atoms. The van der Waals surface area contributed by atoms with E-state index < -0.39 is 5.41 Å². The molecule has 0 saturated carbocycles. The van der Waals surface area contributed by atoms with Crippen molar-refractivity contribution in [3.8, 4) is 39.4 Å². The van der Waals surface area contributed by atoms with Crippen LogP contribution in [0.25, 0.3) is 49.7 Å². The Hall–Kier alpha value is -8.40. The first-order valence-electron chi connectivity index (χ1n) is 25.3. The number of benzene rings is 10. The molecule has 0 amide bonds. The van der Waals surface area contributed by atoms with E-state index in [1.54, 1.807) is 24.3 Å². The van der Waals surface area contributed by atoms with Crippen molar-refractivity contribution in [1.82, 2.24) is 4.57 Å². The molecule has 1 aliphatic rings. The fraction of sp³-hybridized carbons (Fsp3) is 0.130. The highest BCUT2D eigenvalue weighted by atomic mass is 16.3. The van der Waals surface area contributed by atoms with Crippen LogP contribution >= 0.6 is 0 Å². The fourth-order valence-corrected chi connectivity index (χ4v) is 9.76. The Balaban J connectivity index is 0.000000141. The summed E-state index contributed by atoms with van der Waals surface area (Å²) in [7, 11) is 0. The Morgan fingerprint density at radius 2 is 0.667 bits per heavy atom. The highest BCUT2D eigenvalue weighted by molar-refractivity contribution is 6.09. The van der Waals surface area contributed by atoms with E-state index in [-0.39, 0.29) is 11.5 Å². The summed E-state index contributed by atoms with van der Waals surface area (Å²) >= 11 is 0. The molecule has 2 N–H and O–H groups in total. The second-order valence-corrected chi connectivity index (χ2v) is 18.3. The minimum Gasteiger partial charge on any atom is -0.508 e. The first-order chi connectivity index (χ1) is 35.2. The largest absolute Gasteiger partial charge is 0.508 e. The van der Waals surface area contributed by atoms with Gasteiger partial charge in [0.05, 0.1) is 16.4 Å². The van der Waals surface area contributed by atoms with E-state index in [1.165, 1.54) is 72.0 Å². The van der Waals surface area contributed by atoms with E-state index in [1.807, 2.05) is 50.2 Å². The first kappa shape index (κ1) is 50.0. The normalized spacial score (nSPS) is 11.7.